The van der Waals surface area contributed by atoms with E-state index in [1.54, 1.807) is 13.3 Å². The molecule has 0 saturated heterocycles. The standard InChI is InChI=1S/C9H16BrN3O/c1-8(11-3-4-14-2)6-13-7-9(10)5-12-13/h5,7-8,11H,3-4,6H2,1-2H3. The van der Waals surface area contributed by atoms with E-state index in [0.717, 1.165) is 24.2 Å². The maximum atomic E-state index is 4.95. The van der Waals surface area contributed by atoms with Crippen molar-refractivity contribution in [3.8, 4) is 0 Å². The van der Waals surface area contributed by atoms with Crippen LogP contribution in [-0.2, 0) is 11.3 Å². The first-order valence-corrected chi connectivity index (χ1v) is 5.42. The van der Waals surface area contributed by atoms with Gasteiger partial charge in [0, 0.05) is 25.9 Å². The van der Waals surface area contributed by atoms with Crippen LogP contribution < -0.4 is 5.32 Å². The second-order valence-electron chi connectivity index (χ2n) is 3.23. The first kappa shape index (κ1) is 11.7. The number of methoxy groups -OCH3 is 1. The summed E-state index contributed by atoms with van der Waals surface area (Å²) in [7, 11) is 1.71. The van der Waals surface area contributed by atoms with Crippen molar-refractivity contribution in [3.05, 3.63) is 16.9 Å². The summed E-state index contributed by atoms with van der Waals surface area (Å²) in [4.78, 5) is 0. The lowest BCUT2D eigenvalue weighted by molar-refractivity contribution is 0.195. The average molecular weight is 262 g/mol. The molecule has 14 heavy (non-hydrogen) atoms. The summed E-state index contributed by atoms with van der Waals surface area (Å²) in [6, 6.07) is 0.400. The summed E-state index contributed by atoms with van der Waals surface area (Å²) in [6.07, 6.45) is 3.76. The van der Waals surface area contributed by atoms with Gasteiger partial charge in [0.15, 0.2) is 0 Å². The Labute approximate surface area is 92.8 Å². The third kappa shape index (κ3) is 4.21. The first-order valence-electron chi connectivity index (χ1n) is 4.62. The Kier molecular flexibility index (Phi) is 5.14. The Morgan fingerprint density at radius 2 is 2.50 bits per heavy atom. The van der Waals surface area contributed by atoms with Crippen LogP contribution in [0.25, 0.3) is 0 Å². The van der Waals surface area contributed by atoms with Crippen LogP contribution in [0.4, 0.5) is 0 Å². The second-order valence-corrected chi connectivity index (χ2v) is 4.14. The molecular weight excluding hydrogens is 246 g/mol. The van der Waals surface area contributed by atoms with Crippen molar-refractivity contribution in [3.63, 3.8) is 0 Å². The maximum Gasteiger partial charge on any atom is 0.0632 e. The van der Waals surface area contributed by atoms with Gasteiger partial charge in [-0.3, -0.25) is 4.68 Å². The summed E-state index contributed by atoms with van der Waals surface area (Å²) in [5, 5.41) is 7.52. The van der Waals surface area contributed by atoms with Crippen LogP contribution in [0.3, 0.4) is 0 Å². The van der Waals surface area contributed by atoms with Crippen molar-refractivity contribution in [2.45, 2.75) is 19.5 Å². The minimum Gasteiger partial charge on any atom is -0.383 e. The predicted molar refractivity (Wildman–Crippen MR) is 59.3 cm³/mol. The lowest BCUT2D eigenvalue weighted by Gasteiger charge is -2.13. The van der Waals surface area contributed by atoms with Crippen molar-refractivity contribution < 1.29 is 4.74 Å². The van der Waals surface area contributed by atoms with Gasteiger partial charge in [-0.25, -0.2) is 0 Å². The van der Waals surface area contributed by atoms with Crippen molar-refractivity contribution in [1.82, 2.24) is 15.1 Å². The molecule has 0 aliphatic carbocycles. The van der Waals surface area contributed by atoms with Crippen molar-refractivity contribution >= 4 is 15.9 Å². The smallest absolute Gasteiger partial charge is 0.0632 e. The molecule has 0 radical (unpaired) electrons. The molecule has 80 valence electrons. The second kappa shape index (κ2) is 6.16. The molecule has 1 aromatic heterocycles. The van der Waals surface area contributed by atoms with E-state index in [9.17, 15) is 0 Å². The van der Waals surface area contributed by atoms with Gasteiger partial charge in [-0.2, -0.15) is 5.10 Å². The summed E-state index contributed by atoms with van der Waals surface area (Å²) in [5.41, 5.74) is 0. The Hall–Kier alpha value is -0.390. The molecule has 4 nitrogen and oxygen atoms in total. The third-order valence-electron chi connectivity index (χ3n) is 1.86. The number of halogens is 1. The van der Waals surface area contributed by atoms with Gasteiger partial charge in [-0.15, -0.1) is 0 Å². The van der Waals surface area contributed by atoms with Crippen LogP contribution in [0.1, 0.15) is 6.92 Å². The monoisotopic (exact) mass is 261 g/mol. The number of nitrogens with one attached hydrogen (secondary N) is 1. The molecule has 0 spiro atoms. The summed E-state index contributed by atoms with van der Waals surface area (Å²) >= 11 is 3.36. The number of hydrogen-bond acceptors (Lipinski definition) is 3. The van der Waals surface area contributed by atoms with E-state index in [1.807, 2.05) is 10.9 Å². The van der Waals surface area contributed by atoms with Crippen molar-refractivity contribution in [1.29, 1.82) is 0 Å². The minimum atomic E-state index is 0.400. The van der Waals surface area contributed by atoms with Crippen LogP contribution in [-0.4, -0.2) is 36.1 Å². The zero-order valence-electron chi connectivity index (χ0n) is 8.53. The lowest BCUT2D eigenvalue weighted by atomic mass is 10.3. The van der Waals surface area contributed by atoms with Gasteiger partial charge in [0.05, 0.1) is 23.8 Å². The quantitative estimate of drug-likeness (QED) is 0.785. The fourth-order valence-corrected chi connectivity index (χ4v) is 1.52. The van der Waals surface area contributed by atoms with E-state index in [1.165, 1.54) is 0 Å². The first-order chi connectivity index (χ1) is 6.72. The van der Waals surface area contributed by atoms with E-state index in [4.69, 9.17) is 4.74 Å². The Morgan fingerprint density at radius 3 is 3.07 bits per heavy atom. The molecule has 0 saturated carbocycles. The molecule has 0 amide bonds. The molecule has 1 atom stereocenters. The fraction of sp³-hybridized carbons (Fsp3) is 0.667. The molecule has 0 aliphatic rings. The molecule has 1 heterocycles. The fourth-order valence-electron chi connectivity index (χ4n) is 1.19. The highest BCUT2D eigenvalue weighted by Gasteiger charge is 2.02. The Morgan fingerprint density at radius 1 is 1.71 bits per heavy atom. The van der Waals surface area contributed by atoms with Crippen LogP contribution in [0, 0.1) is 0 Å². The normalized spacial score (nSPS) is 13.1. The van der Waals surface area contributed by atoms with Gasteiger partial charge >= 0.3 is 0 Å². The van der Waals surface area contributed by atoms with E-state index in [2.05, 4.69) is 33.3 Å². The highest BCUT2D eigenvalue weighted by molar-refractivity contribution is 9.10. The maximum absolute atomic E-state index is 4.95. The van der Waals surface area contributed by atoms with Gasteiger partial charge in [-0.1, -0.05) is 0 Å². The zero-order valence-corrected chi connectivity index (χ0v) is 10.1. The Balaban J connectivity index is 2.23. The largest absolute Gasteiger partial charge is 0.383 e. The van der Waals surface area contributed by atoms with Gasteiger partial charge in [-0.05, 0) is 22.9 Å². The molecule has 1 N–H and O–H groups in total. The average Bonchev–Trinajstić information content (AvgIpc) is 2.52. The number of rotatable bonds is 6. The lowest BCUT2D eigenvalue weighted by Crippen LogP contribution is -2.33. The molecule has 0 aromatic carbocycles. The van der Waals surface area contributed by atoms with Crippen LogP contribution >= 0.6 is 15.9 Å². The van der Waals surface area contributed by atoms with Crippen LogP contribution in [0.15, 0.2) is 16.9 Å². The molecule has 0 aliphatic heterocycles. The van der Waals surface area contributed by atoms with Gasteiger partial charge in [0.25, 0.3) is 0 Å². The van der Waals surface area contributed by atoms with Gasteiger partial charge in [0.1, 0.15) is 0 Å². The summed E-state index contributed by atoms with van der Waals surface area (Å²) < 4.78 is 7.88. The number of nitrogens with zero attached hydrogens (tertiary/aromatic N) is 2. The molecule has 1 aromatic rings. The highest BCUT2D eigenvalue weighted by Crippen LogP contribution is 2.06. The van der Waals surface area contributed by atoms with E-state index in [0.29, 0.717) is 6.04 Å². The van der Waals surface area contributed by atoms with Gasteiger partial charge in [0.2, 0.25) is 0 Å². The zero-order chi connectivity index (χ0) is 10.4. The SMILES string of the molecule is COCCNC(C)Cn1cc(Br)cn1. The highest BCUT2D eigenvalue weighted by atomic mass is 79.9. The van der Waals surface area contributed by atoms with Crippen molar-refractivity contribution in [2.24, 2.45) is 0 Å². The summed E-state index contributed by atoms with van der Waals surface area (Å²) in [6.45, 7) is 4.62. The molecule has 1 rings (SSSR count). The van der Waals surface area contributed by atoms with E-state index < -0.39 is 0 Å². The molecule has 5 heteroatoms. The number of ether oxygens (including phenoxy) is 1. The van der Waals surface area contributed by atoms with Crippen molar-refractivity contribution in [2.75, 3.05) is 20.3 Å². The summed E-state index contributed by atoms with van der Waals surface area (Å²) in [5.74, 6) is 0. The van der Waals surface area contributed by atoms with Gasteiger partial charge < -0.3 is 10.1 Å². The number of hydrogen-bond donors (Lipinski definition) is 1. The third-order valence-corrected chi connectivity index (χ3v) is 2.27. The molecule has 1 unspecified atom stereocenters. The molecule has 0 fully saturated rings. The number of aromatic nitrogens is 2. The van der Waals surface area contributed by atoms with E-state index in [-0.39, 0.29) is 0 Å². The molecular formula is C9H16BrN3O. The molecule has 0 bridgehead atoms. The predicted octanol–water partition coefficient (Wildman–Crippen LogP) is 1.27. The topological polar surface area (TPSA) is 39.1 Å². The van der Waals surface area contributed by atoms with Crippen LogP contribution in [0.5, 0.6) is 0 Å². The van der Waals surface area contributed by atoms with E-state index >= 15 is 0 Å². The van der Waals surface area contributed by atoms with Crippen LogP contribution in [0.2, 0.25) is 0 Å². The Bertz CT molecular complexity index is 264. The minimum absolute atomic E-state index is 0.400.